The Morgan fingerprint density at radius 1 is 0.906 bits per heavy atom. The average Bonchev–Trinajstić information content (AvgIpc) is 2.73. The van der Waals surface area contributed by atoms with E-state index in [0.717, 1.165) is 0 Å². The number of nitrogens with two attached hydrogens (primary N) is 5. The van der Waals surface area contributed by atoms with Crippen LogP contribution in [0, 0.1) is 0 Å². The zero-order valence-electron chi connectivity index (χ0n) is 17.4. The van der Waals surface area contributed by atoms with Crippen LogP contribution in [0.15, 0.2) is 24.3 Å². The Kier molecular flexibility index (Phi) is 10.4. The van der Waals surface area contributed by atoms with E-state index in [4.69, 9.17) is 38.1 Å². The van der Waals surface area contributed by atoms with Gasteiger partial charge in [-0.2, -0.15) is 0 Å². The third kappa shape index (κ3) is 8.77. The molecule has 1 aromatic rings. The lowest BCUT2D eigenvalue weighted by Gasteiger charge is -2.20. The van der Waals surface area contributed by atoms with Gasteiger partial charge in [0.25, 0.3) is 0 Å². The van der Waals surface area contributed by atoms with Gasteiger partial charge >= 0.3 is 23.9 Å². The summed E-state index contributed by atoms with van der Waals surface area (Å²) in [7, 11) is 0. The summed E-state index contributed by atoms with van der Waals surface area (Å²) in [6.45, 7) is 0.839. The molecule has 13 nitrogen and oxygen atoms in total. The third-order valence-electron chi connectivity index (χ3n) is 4.09. The van der Waals surface area contributed by atoms with Crippen LogP contribution in [0.4, 0.5) is 0 Å². The van der Waals surface area contributed by atoms with E-state index >= 15 is 0 Å². The van der Waals surface area contributed by atoms with Gasteiger partial charge in [0.05, 0.1) is 13.0 Å². The highest BCUT2D eigenvalue weighted by molar-refractivity contribution is 5.89. The molecule has 13 heteroatoms. The van der Waals surface area contributed by atoms with Crippen LogP contribution in [-0.2, 0) is 39.9 Å². The molecule has 32 heavy (non-hydrogen) atoms. The second-order valence-corrected chi connectivity index (χ2v) is 6.82. The minimum Gasteiger partial charge on any atom is -0.459 e. The standard InChI is InChI=1S/C19H27N5O8/c1-9(16(24)19(29)32-15(26)8-20)30-17(27)12(21)6-10-2-4-11(5-3-10)31-18(28)13(22)7-14(23)25/h2-5,9,12-13,16H,6-8,20-22,24H2,1H3,(H2,23,25)/t9-,12+,13+,16+/m1/s1. The number of rotatable bonds is 11. The first-order chi connectivity index (χ1) is 14.9. The van der Waals surface area contributed by atoms with Crippen molar-refractivity contribution in [1.82, 2.24) is 0 Å². The molecule has 0 aliphatic heterocycles. The Balaban J connectivity index is 2.59. The maximum Gasteiger partial charge on any atom is 0.334 e. The molecular formula is C19H27N5O8. The first-order valence-corrected chi connectivity index (χ1v) is 9.45. The van der Waals surface area contributed by atoms with Gasteiger partial charge < -0.3 is 42.9 Å². The van der Waals surface area contributed by atoms with Gasteiger partial charge in [0.15, 0.2) is 0 Å². The van der Waals surface area contributed by atoms with Crippen molar-refractivity contribution in [2.75, 3.05) is 6.54 Å². The normalized spacial score (nSPS) is 14.4. The maximum atomic E-state index is 12.2. The van der Waals surface area contributed by atoms with E-state index < -0.39 is 60.6 Å². The van der Waals surface area contributed by atoms with Crippen LogP contribution < -0.4 is 33.4 Å². The summed E-state index contributed by atoms with van der Waals surface area (Å²) in [5, 5.41) is 0. The first-order valence-electron chi connectivity index (χ1n) is 9.45. The molecule has 0 radical (unpaired) electrons. The molecule has 0 heterocycles. The zero-order chi connectivity index (χ0) is 24.4. The van der Waals surface area contributed by atoms with E-state index in [1.54, 1.807) is 12.1 Å². The monoisotopic (exact) mass is 453 g/mol. The van der Waals surface area contributed by atoms with E-state index in [1.165, 1.54) is 19.1 Å². The van der Waals surface area contributed by atoms with Crippen LogP contribution in [0.2, 0.25) is 0 Å². The minimum atomic E-state index is -1.41. The van der Waals surface area contributed by atoms with E-state index in [1.807, 2.05) is 0 Å². The fraction of sp³-hybridized carbons (Fsp3) is 0.421. The molecule has 0 saturated heterocycles. The average molecular weight is 453 g/mol. The highest BCUT2D eigenvalue weighted by Gasteiger charge is 2.29. The molecule has 1 aromatic carbocycles. The summed E-state index contributed by atoms with van der Waals surface area (Å²) in [6.07, 6.45) is -1.40. The molecule has 4 atom stereocenters. The largest absolute Gasteiger partial charge is 0.459 e. The number of hydrogen-bond donors (Lipinski definition) is 5. The van der Waals surface area contributed by atoms with Crippen molar-refractivity contribution in [3.63, 3.8) is 0 Å². The lowest BCUT2D eigenvalue weighted by molar-refractivity contribution is -0.163. The molecule has 0 unspecified atom stereocenters. The first kappa shape index (κ1) is 26.6. The predicted octanol–water partition coefficient (Wildman–Crippen LogP) is -3.05. The summed E-state index contributed by atoms with van der Waals surface area (Å²) in [6, 6.07) is 2.33. The molecule has 0 aliphatic rings. The van der Waals surface area contributed by atoms with E-state index in [-0.39, 0.29) is 18.6 Å². The molecule has 0 aromatic heterocycles. The van der Waals surface area contributed by atoms with Crippen LogP contribution >= 0.6 is 0 Å². The highest BCUT2D eigenvalue weighted by Crippen LogP contribution is 2.15. The van der Waals surface area contributed by atoms with Crippen LogP contribution in [0.1, 0.15) is 18.9 Å². The number of ether oxygens (including phenoxy) is 3. The highest BCUT2D eigenvalue weighted by atomic mass is 16.6. The fourth-order valence-corrected chi connectivity index (χ4v) is 2.28. The van der Waals surface area contributed by atoms with E-state index in [0.29, 0.717) is 5.56 Å². The maximum absolute atomic E-state index is 12.2. The number of carbonyl (C=O) groups excluding carboxylic acids is 5. The summed E-state index contributed by atoms with van der Waals surface area (Å²) in [5.74, 6) is -4.28. The Morgan fingerprint density at radius 3 is 2.03 bits per heavy atom. The predicted molar refractivity (Wildman–Crippen MR) is 109 cm³/mol. The molecule has 176 valence electrons. The van der Waals surface area contributed by atoms with Crippen LogP contribution in [0.3, 0.4) is 0 Å². The smallest absolute Gasteiger partial charge is 0.334 e. The van der Waals surface area contributed by atoms with Crippen molar-refractivity contribution in [2.45, 2.75) is 44.0 Å². The second kappa shape index (κ2) is 12.5. The van der Waals surface area contributed by atoms with Crippen molar-refractivity contribution in [2.24, 2.45) is 28.7 Å². The van der Waals surface area contributed by atoms with Gasteiger partial charge in [-0.05, 0) is 31.0 Å². The molecular weight excluding hydrogens is 426 g/mol. The van der Waals surface area contributed by atoms with E-state index in [9.17, 15) is 24.0 Å². The van der Waals surface area contributed by atoms with Crippen LogP contribution in [-0.4, -0.2) is 60.6 Å². The molecule has 0 fully saturated rings. The second-order valence-electron chi connectivity index (χ2n) is 6.82. The Labute approximate surface area is 183 Å². The fourth-order valence-electron chi connectivity index (χ4n) is 2.28. The number of benzene rings is 1. The minimum absolute atomic E-state index is 0.0618. The van der Waals surface area contributed by atoms with Gasteiger partial charge in [-0.1, -0.05) is 12.1 Å². The molecule has 0 bridgehead atoms. The van der Waals surface area contributed by atoms with Crippen molar-refractivity contribution < 1.29 is 38.2 Å². The molecule has 0 saturated carbocycles. The number of primary amides is 1. The van der Waals surface area contributed by atoms with Crippen molar-refractivity contribution >= 4 is 29.8 Å². The Bertz CT molecular complexity index is 845. The van der Waals surface area contributed by atoms with Gasteiger partial charge in [-0.3, -0.25) is 14.4 Å². The number of esters is 4. The summed E-state index contributed by atoms with van der Waals surface area (Å²) >= 11 is 0. The third-order valence-corrected chi connectivity index (χ3v) is 4.09. The topological polar surface area (TPSA) is 243 Å². The number of carbonyl (C=O) groups is 5. The molecule has 10 N–H and O–H groups in total. The Morgan fingerprint density at radius 2 is 1.50 bits per heavy atom. The summed E-state index contributed by atoms with van der Waals surface area (Å²) in [5.41, 5.74) is 27.6. The molecule has 0 aliphatic carbocycles. The quantitative estimate of drug-likeness (QED) is 0.127. The van der Waals surface area contributed by atoms with Crippen molar-refractivity contribution in [1.29, 1.82) is 0 Å². The zero-order valence-corrected chi connectivity index (χ0v) is 17.4. The number of amides is 1. The SMILES string of the molecule is C[C@@H](OC(=O)[C@@H](N)Cc1ccc(OC(=O)[C@@H](N)CC(N)=O)cc1)[C@H](N)C(=O)OC(=O)CN. The van der Waals surface area contributed by atoms with Gasteiger partial charge in [0.2, 0.25) is 5.91 Å². The summed E-state index contributed by atoms with van der Waals surface area (Å²) in [4.78, 5) is 57.5. The molecule has 1 rings (SSSR count). The Hall–Kier alpha value is -3.39. The van der Waals surface area contributed by atoms with Gasteiger partial charge in [-0.15, -0.1) is 0 Å². The van der Waals surface area contributed by atoms with Gasteiger partial charge in [-0.25, -0.2) is 9.59 Å². The van der Waals surface area contributed by atoms with Crippen molar-refractivity contribution in [3.8, 4) is 5.75 Å². The van der Waals surface area contributed by atoms with Crippen LogP contribution in [0.5, 0.6) is 5.75 Å². The lowest BCUT2D eigenvalue weighted by atomic mass is 10.1. The molecule has 1 amide bonds. The number of hydrogen-bond acceptors (Lipinski definition) is 12. The molecule has 0 spiro atoms. The lowest BCUT2D eigenvalue weighted by Crippen LogP contribution is -2.47. The van der Waals surface area contributed by atoms with Gasteiger partial charge in [0, 0.05) is 0 Å². The van der Waals surface area contributed by atoms with Gasteiger partial charge in [0.1, 0.15) is 30.0 Å². The van der Waals surface area contributed by atoms with Crippen LogP contribution in [0.25, 0.3) is 0 Å². The summed E-state index contributed by atoms with van der Waals surface area (Å²) < 4.78 is 14.5. The van der Waals surface area contributed by atoms with E-state index in [2.05, 4.69) is 4.74 Å². The van der Waals surface area contributed by atoms with Crippen molar-refractivity contribution in [3.05, 3.63) is 29.8 Å².